The molecule has 6 heteroatoms. The van der Waals surface area contributed by atoms with E-state index in [1.165, 1.54) is 0 Å². The van der Waals surface area contributed by atoms with Crippen LogP contribution in [0.2, 0.25) is 5.02 Å². The highest BCUT2D eigenvalue weighted by atomic mass is 35.5. The first-order chi connectivity index (χ1) is 9.67. The summed E-state index contributed by atoms with van der Waals surface area (Å²) in [5, 5.41) is 17.5. The second-order valence-electron chi connectivity index (χ2n) is 4.92. The minimum absolute atomic E-state index is 0.394. The Labute approximate surface area is 122 Å². The Balaban J connectivity index is 1.87. The minimum Gasteiger partial charge on any atom is -0.383 e. The molecule has 0 bridgehead atoms. The number of nitriles is 1. The van der Waals surface area contributed by atoms with E-state index < -0.39 is 0 Å². The average Bonchev–Trinajstić information content (AvgIpc) is 3.19. The fraction of sp³-hybridized carbons (Fsp3) is 0.286. The molecule has 3 N–H and O–H groups in total. The summed E-state index contributed by atoms with van der Waals surface area (Å²) >= 11 is 5.86. The van der Waals surface area contributed by atoms with E-state index in [-0.39, 0.29) is 0 Å². The lowest BCUT2D eigenvalue weighted by Crippen LogP contribution is -2.07. The quantitative estimate of drug-likeness (QED) is 0.906. The van der Waals surface area contributed by atoms with E-state index >= 15 is 0 Å². The average molecular weight is 288 g/mol. The fourth-order valence-corrected chi connectivity index (χ4v) is 2.12. The lowest BCUT2D eigenvalue weighted by molar-refractivity contribution is 0.698. The molecule has 2 aromatic rings. The smallest absolute Gasteiger partial charge is 0.168 e. The lowest BCUT2D eigenvalue weighted by atomic mass is 10.2. The molecule has 20 heavy (non-hydrogen) atoms. The van der Waals surface area contributed by atoms with Crippen LogP contribution in [0.5, 0.6) is 0 Å². The van der Waals surface area contributed by atoms with Crippen molar-refractivity contribution in [1.29, 1.82) is 5.26 Å². The summed E-state index contributed by atoms with van der Waals surface area (Å²) in [5.41, 5.74) is 7.46. The highest BCUT2D eigenvalue weighted by Gasteiger charge is 2.25. The lowest BCUT2D eigenvalue weighted by Gasteiger charge is -2.04. The maximum Gasteiger partial charge on any atom is 0.168 e. The summed E-state index contributed by atoms with van der Waals surface area (Å²) in [7, 11) is 0. The molecule has 102 valence electrons. The van der Waals surface area contributed by atoms with Crippen molar-refractivity contribution >= 4 is 23.2 Å². The molecule has 0 unspecified atom stereocenters. The van der Waals surface area contributed by atoms with Gasteiger partial charge < -0.3 is 11.1 Å². The summed E-state index contributed by atoms with van der Waals surface area (Å²) < 4.78 is 1.65. The second-order valence-corrected chi connectivity index (χ2v) is 5.36. The largest absolute Gasteiger partial charge is 0.383 e. The first kappa shape index (κ1) is 12.8. The third-order valence-electron chi connectivity index (χ3n) is 3.27. The van der Waals surface area contributed by atoms with Gasteiger partial charge >= 0.3 is 0 Å². The van der Waals surface area contributed by atoms with E-state index in [9.17, 15) is 5.26 Å². The van der Waals surface area contributed by atoms with Gasteiger partial charge in [0.25, 0.3) is 0 Å². The van der Waals surface area contributed by atoms with Gasteiger partial charge in [0.05, 0.1) is 6.54 Å². The summed E-state index contributed by atoms with van der Waals surface area (Å²) in [6, 6.07) is 10.0. The van der Waals surface area contributed by atoms with Crippen molar-refractivity contribution in [3.63, 3.8) is 0 Å². The van der Waals surface area contributed by atoms with Crippen LogP contribution in [-0.2, 0) is 6.54 Å². The van der Waals surface area contributed by atoms with Crippen molar-refractivity contribution in [3.8, 4) is 6.07 Å². The van der Waals surface area contributed by atoms with Crippen molar-refractivity contribution < 1.29 is 0 Å². The number of aromatic nitrogens is 2. The van der Waals surface area contributed by atoms with Gasteiger partial charge in [0.2, 0.25) is 0 Å². The molecule has 0 aliphatic heterocycles. The standard InChI is InChI=1S/C14H14ClN5/c15-10-3-1-9(2-4-10)8-20-13(17)12(7-16)14(19-20)18-11-5-6-11/h1-4,11H,5-6,8,17H2,(H,18,19). The van der Waals surface area contributed by atoms with Gasteiger partial charge in [-0.25, -0.2) is 4.68 Å². The Morgan fingerprint density at radius 2 is 2.10 bits per heavy atom. The molecule has 1 aliphatic rings. The van der Waals surface area contributed by atoms with Crippen LogP contribution in [0.4, 0.5) is 11.6 Å². The Morgan fingerprint density at radius 3 is 2.70 bits per heavy atom. The van der Waals surface area contributed by atoms with Gasteiger partial charge in [-0.15, -0.1) is 0 Å². The van der Waals surface area contributed by atoms with Crippen LogP contribution in [0.15, 0.2) is 24.3 Å². The number of hydrogen-bond donors (Lipinski definition) is 2. The normalized spacial score (nSPS) is 14.0. The fourth-order valence-electron chi connectivity index (χ4n) is 1.99. The molecule has 0 spiro atoms. The van der Waals surface area contributed by atoms with E-state index in [1.54, 1.807) is 4.68 Å². The molecule has 1 aliphatic carbocycles. The molecule has 3 rings (SSSR count). The number of halogens is 1. The van der Waals surface area contributed by atoms with Crippen LogP contribution in [0.3, 0.4) is 0 Å². The van der Waals surface area contributed by atoms with Crippen LogP contribution in [0, 0.1) is 11.3 Å². The van der Waals surface area contributed by atoms with Crippen molar-refractivity contribution in [2.24, 2.45) is 0 Å². The van der Waals surface area contributed by atoms with Gasteiger partial charge in [-0.05, 0) is 30.5 Å². The Morgan fingerprint density at radius 1 is 1.40 bits per heavy atom. The molecule has 1 aromatic heterocycles. The maximum absolute atomic E-state index is 9.21. The van der Waals surface area contributed by atoms with Crippen molar-refractivity contribution in [2.75, 3.05) is 11.1 Å². The van der Waals surface area contributed by atoms with E-state index in [4.69, 9.17) is 17.3 Å². The number of nitrogen functional groups attached to an aromatic ring is 1. The summed E-state index contributed by atoms with van der Waals surface area (Å²) in [6.07, 6.45) is 2.24. The summed E-state index contributed by atoms with van der Waals surface area (Å²) in [4.78, 5) is 0. The third kappa shape index (κ3) is 2.56. The Bertz CT molecular complexity index is 664. The van der Waals surface area contributed by atoms with Crippen LogP contribution in [0.1, 0.15) is 24.0 Å². The minimum atomic E-state index is 0.394. The number of hydrogen-bond acceptors (Lipinski definition) is 4. The highest BCUT2D eigenvalue weighted by molar-refractivity contribution is 6.30. The van der Waals surface area contributed by atoms with Crippen molar-refractivity contribution in [3.05, 3.63) is 40.4 Å². The highest BCUT2D eigenvalue weighted by Crippen LogP contribution is 2.28. The maximum atomic E-state index is 9.21. The zero-order chi connectivity index (χ0) is 14.1. The molecule has 1 heterocycles. The molecule has 0 amide bonds. The molecule has 1 aromatic carbocycles. The Hall–Kier alpha value is -2.19. The molecule has 1 fully saturated rings. The number of rotatable bonds is 4. The first-order valence-electron chi connectivity index (χ1n) is 6.44. The van der Waals surface area contributed by atoms with Crippen molar-refractivity contribution in [2.45, 2.75) is 25.4 Å². The van der Waals surface area contributed by atoms with E-state index in [2.05, 4.69) is 16.5 Å². The predicted octanol–water partition coefficient (Wildman–Crippen LogP) is 2.61. The van der Waals surface area contributed by atoms with Crippen LogP contribution in [0.25, 0.3) is 0 Å². The van der Waals surface area contributed by atoms with Gasteiger partial charge in [0.15, 0.2) is 5.82 Å². The van der Waals surface area contributed by atoms with E-state index in [0.717, 1.165) is 18.4 Å². The summed E-state index contributed by atoms with van der Waals surface area (Å²) in [6.45, 7) is 0.518. The SMILES string of the molecule is N#Cc1c(NC2CC2)nn(Cc2ccc(Cl)cc2)c1N. The molecule has 0 saturated heterocycles. The van der Waals surface area contributed by atoms with Gasteiger partial charge in [0.1, 0.15) is 17.5 Å². The Kier molecular flexibility index (Phi) is 3.25. The van der Waals surface area contributed by atoms with Gasteiger partial charge in [-0.3, -0.25) is 0 Å². The molecular weight excluding hydrogens is 274 g/mol. The van der Waals surface area contributed by atoms with Gasteiger partial charge in [-0.2, -0.15) is 10.4 Å². The number of nitrogens with two attached hydrogens (primary N) is 1. The molecule has 0 radical (unpaired) electrons. The van der Waals surface area contributed by atoms with Crippen LogP contribution < -0.4 is 11.1 Å². The van der Waals surface area contributed by atoms with Crippen LogP contribution >= 0.6 is 11.6 Å². The van der Waals surface area contributed by atoms with E-state index in [0.29, 0.717) is 34.8 Å². The topological polar surface area (TPSA) is 79.7 Å². The van der Waals surface area contributed by atoms with Crippen molar-refractivity contribution in [1.82, 2.24) is 9.78 Å². The van der Waals surface area contributed by atoms with Crippen LogP contribution in [-0.4, -0.2) is 15.8 Å². The molecule has 0 atom stereocenters. The van der Waals surface area contributed by atoms with E-state index in [1.807, 2.05) is 24.3 Å². The number of nitrogens with zero attached hydrogens (tertiary/aromatic N) is 3. The van der Waals surface area contributed by atoms with Gasteiger partial charge in [0, 0.05) is 11.1 Å². The first-order valence-corrected chi connectivity index (χ1v) is 6.82. The zero-order valence-electron chi connectivity index (χ0n) is 10.8. The van der Waals surface area contributed by atoms with Gasteiger partial charge in [-0.1, -0.05) is 23.7 Å². The number of nitrogens with one attached hydrogen (secondary N) is 1. The predicted molar refractivity (Wildman–Crippen MR) is 78.6 cm³/mol. The molecular formula is C14H14ClN5. The zero-order valence-corrected chi connectivity index (χ0v) is 11.6. The second kappa shape index (κ2) is 5.06. The summed E-state index contributed by atoms with van der Waals surface area (Å²) in [5.74, 6) is 0.979. The number of benzene rings is 1. The molecule has 5 nitrogen and oxygen atoms in total. The number of anilines is 2. The molecule has 1 saturated carbocycles. The third-order valence-corrected chi connectivity index (χ3v) is 3.52. The monoisotopic (exact) mass is 287 g/mol.